The minimum absolute atomic E-state index is 0.00336. The van der Waals surface area contributed by atoms with Crippen molar-refractivity contribution in [3.8, 4) is 0 Å². The second-order valence-corrected chi connectivity index (χ2v) is 5.00. The lowest BCUT2D eigenvalue weighted by molar-refractivity contribution is -0.137. The first-order valence-electron chi connectivity index (χ1n) is 6.49. The van der Waals surface area contributed by atoms with Crippen molar-refractivity contribution >= 4 is 5.91 Å². The molecule has 3 heteroatoms. The molecule has 0 saturated heterocycles. The number of hydrogen-bond donors (Lipinski definition) is 1. The zero-order chi connectivity index (χ0) is 13.5. The van der Waals surface area contributed by atoms with Crippen LogP contribution in [0.15, 0.2) is 30.3 Å². The summed E-state index contributed by atoms with van der Waals surface area (Å²) in [7, 11) is 0. The van der Waals surface area contributed by atoms with Gasteiger partial charge in [-0.25, -0.2) is 0 Å². The maximum Gasteiger partial charge on any atom is 0.226 e. The molecule has 1 atom stereocenters. The molecule has 1 unspecified atom stereocenters. The van der Waals surface area contributed by atoms with Gasteiger partial charge in [-0.05, 0) is 11.5 Å². The van der Waals surface area contributed by atoms with Crippen molar-refractivity contribution < 1.29 is 9.90 Å². The molecule has 0 aromatic heterocycles. The fourth-order valence-electron chi connectivity index (χ4n) is 1.76. The van der Waals surface area contributed by atoms with Gasteiger partial charge in [0, 0.05) is 19.0 Å². The molecular weight excluding hydrogens is 226 g/mol. The zero-order valence-corrected chi connectivity index (χ0v) is 11.5. The molecule has 1 N–H and O–H groups in total. The molecule has 1 aromatic carbocycles. The number of hydrogen-bond acceptors (Lipinski definition) is 2. The highest BCUT2D eigenvalue weighted by Crippen LogP contribution is 2.15. The van der Waals surface area contributed by atoms with Crippen molar-refractivity contribution in [2.75, 3.05) is 13.2 Å². The minimum Gasteiger partial charge on any atom is -0.395 e. The molecule has 0 aliphatic heterocycles. The van der Waals surface area contributed by atoms with Crippen molar-refractivity contribution in [3.05, 3.63) is 35.9 Å². The Hall–Kier alpha value is -1.35. The molecule has 1 aromatic rings. The summed E-state index contributed by atoms with van der Waals surface area (Å²) in [5.74, 6) is 0.414. The summed E-state index contributed by atoms with van der Waals surface area (Å²) in [6.07, 6.45) is 0. The number of rotatable bonds is 6. The van der Waals surface area contributed by atoms with Gasteiger partial charge in [0.1, 0.15) is 0 Å². The van der Waals surface area contributed by atoms with Crippen molar-refractivity contribution in [3.63, 3.8) is 0 Å². The van der Waals surface area contributed by atoms with E-state index in [2.05, 4.69) is 0 Å². The van der Waals surface area contributed by atoms with E-state index in [1.165, 1.54) is 0 Å². The fraction of sp³-hybridized carbons (Fsp3) is 0.533. The van der Waals surface area contributed by atoms with Gasteiger partial charge in [-0.1, -0.05) is 51.1 Å². The van der Waals surface area contributed by atoms with Gasteiger partial charge in [0.15, 0.2) is 0 Å². The van der Waals surface area contributed by atoms with E-state index in [0.717, 1.165) is 5.56 Å². The Morgan fingerprint density at radius 3 is 2.33 bits per heavy atom. The third-order valence-corrected chi connectivity index (χ3v) is 3.29. The number of carbonyl (C=O) groups excluding carboxylic acids is 1. The molecule has 3 nitrogen and oxygen atoms in total. The lowest BCUT2D eigenvalue weighted by Crippen LogP contribution is -2.38. The molecule has 0 bridgehead atoms. The van der Waals surface area contributed by atoms with Crippen LogP contribution in [0, 0.1) is 11.8 Å². The molecule has 0 spiro atoms. The molecule has 18 heavy (non-hydrogen) atoms. The molecular formula is C15H23NO2. The summed E-state index contributed by atoms with van der Waals surface area (Å²) in [4.78, 5) is 14.0. The quantitative estimate of drug-likeness (QED) is 0.840. The second kappa shape index (κ2) is 7.17. The van der Waals surface area contributed by atoms with Crippen LogP contribution in [0.5, 0.6) is 0 Å². The van der Waals surface area contributed by atoms with Crippen LogP contribution < -0.4 is 0 Å². The minimum atomic E-state index is -0.0136. The summed E-state index contributed by atoms with van der Waals surface area (Å²) in [5, 5.41) is 9.09. The van der Waals surface area contributed by atoms with Crippen LogP contribution in [0.25, 0.3) is 0 Å². The molecule has 100 valence electrons. The molecule has 0 fully saturated rings. The SMILES string of the molecule is CC(C)C(C)C(=O)N(CCO)Cc1ccccc1. The van der Waals surface area contributed by atoms with Gasteiger partial charge in [0.05, 0.1) is 6.61 Å². The first-order chi connectivity index (χ1) is 8.56. The van der Waals surface area contributed by atoms with E-state index < -0.39 is 0 Å². The van der Waals surface area contributed by atoms with Crippen molar-refractivity contribution in [2.24, 2.45) is 11.8 Å². The van der Waals surface area contributed by atoms with E-state index in [-0.39, 0.29) is 18.4 Å². The first-order valence-corrected chi connectivity index (χ1v) is 6.49. The molecule has 0 aliphatic carbocycles. The molecule has 1 rings (SSSR count). The van der Waals surface area contributed by atoms with E-state index in [4.69, 9.17) is 5.11 Å². The smallest absolute Gasteiger partial charge is 0.226 e. The number of aliphatic hydroxyl groups excluding tert-OH is 1. The van der Waals surface area contributed by atoms with Crippen LogP contribution in [0.3, 0.4) is 0 Å². The lowest BCUT2D eigenvalue weighted by atomic mass is 9.96. The number of aliphatic hydroxyl groups is 1. The summed E-state index contributed by atoms with van der Waals surface area (Å²) in [6.45, 7) is 7.00. The summed E-state index contributed by atoms with van der Waals surface area (Å²) in [6, 6.07) is 9.87. The summed E-state index contributed by atoms with van der Waals surface area (Å²) in [5.41, 5.74) is 1.09. The van der Waals surface area contributed by atoms with Crippen molar-refractivity contribution in [1.29, 1.82) is 0 Å². The average molecular weight is 249 g/mol. The van der Waals surface area contributed by atoms with Gasteiger partial charge < -0.3 is 10.0 Å². The maximum absolute atomic E-state index is 12.3. The van der Waals surface area contributed by atoms with Crippen LogP contribution in [0.1, 0.15) is 26.3 Å². The molecule has 1 amide bonds. The van der Waals surface area contributed by atoms with Gasteiger partial charge in [-0.2, -0.15) is 0 Å². The van der Waals surface area contributed by atoms with Crippen molar-refractivity contribution in [2.45, 2.75) is 27.3 Å². The zero-order valence-electron chi connectivity index (χ0n) is 11.5. The predicted octanol–water partition coefficient (Wildman–Crippen LogP) is 2.30. The third kappa shape index (κ3) is 4.15. The Labute approximate surface area is 109 Å². The van der Waals surface area contributed by atoms with Crippen LogP contribution >= 0.6 is 0 Å². The molecule has 0 saturated carbocycles. The van der Waals surface area contributed by atoms with Gasteiger partial charge >= 0.3 is 0 Å². The lowest BCUT2D eigenvalue weighted by Gasteiger charge is -2.27. The number of nitrogens with zero attached hydrogens (tertiary/aromatic N) is 1. The van der Waals surface area contributed by atoms with E-state index in [1.807, 2.05) is 51.1 Å². The van der Waals surface area contributed by atoms with Crippen molar-refractivity contribution in [1.82, 2.24) is 4.90 Å². The Morgan fingerprint density at radius 1 is 1.22 bits per heavy atom. The molecule has 0 radical (unpaired) electrons. The van der Waals surface area contributed by atoms with E-state index in [0.29, 0.717) is 19.0 Å². The largest absolute Gasteiger partial charge is 0.395 e. The Balaban J connectivity index is 2.73. The Morgan fingerprint density at radius 2 is 1.83 bits per heavy atom. The normalized spacial score (nSPS) is 12.5. The summed E-state index contributed by atoms with van der Waals surface area (Å²) >= 11 is 0. The number of carbonyl (C=O) groups is 1. The van der Waals surface area contributed by atoms with Crippen LogP contribution in [0.4, 0.5) is 0 Å². The van der Waals surface area contributed by atoms with Gasteiger partial charge in [0.2, 0.25) is 5.91 Å². The van der Waals surface area contributed by atoms with Crippen LogP contribution in [-0.2, 0) is 11.3 Å². The highest BCUT2D eigenvalue weighted by atomic mass is 16.3. The van der Waals surface area contributed by atoms with Gasteiger partial charge in [-0.3, -0.25) is 4.79 Å². The van der Waals surface area contributed by atoms with E-state index in [9.17, 15) is 4.79 Å². The van der Waals surface area contributed by atoms with E-state index in [1.54, 1.807) is 4.90 Å². The van der Waals surface area contributed by atoms with Gasteiger partial charge in [-0.15, -0.1) is 0 Å². The van der Waals surface area contributed by atoms with E-state index >= 15 is 0 Å². The van der Waals surface area contributed by atoms with Gasteiger partial charge in [0.25, 0.3) is 0 Å². The topological polar surface area (TPSA) is 40.5 Å². The van der Waals surface area contributed by atoms with Crippen LogP contribution in [-0.4, -0.2) is 29.1 Å². The highest BCUT2D eigenvalue weighted by molar-refractivity contribution is 5.78. The predicted molar refractivity (Wildman–Crippen MR) is 72.9 cm³/mol. The molecule has 0 aliphatic rings. The summed E-state index contributed by atoms with van der Waals surface area (Å²) < 4.78 is 0. The van der Waals surface area contributed by atoms with Crippen LogP contribution in [0.2, 0.25) is 0 Å². The third-order valence-electron chi connectivity index (χ3n) is 3.29. The Bertz CT molecular complexity index is 362. The standard InChI is InChI=1S/C15H23NO2/c1-12(2)13(3)15(18)16(9-10-17)11-14-7-5-4-6-8-14/h4-8,12-13,17H,9-11H2,1-3H3. The Kier molecular flexibility index (Phi) is 5.86. The fourth-order valence-corrected chi connectivity index (χ4v) is 1.76. The number of benzene rings is 1. The highest BCUT2D eigenvalue weighted by Gasteiger charge is 2.22. The monoisotopic (exact) mass is 249 g/mol. The molecule has 0 heterocycles. The second-order valence-electron chi connectivity index (χ2n) is 5.00. The average Bonchev–Trinajstić information content (AvgIpc) is 2.37. The maximum atomic E-state index is 12.3. The number of amides is 1. The first kappa shape index (κ1) is 14.7.